The fraction of sp³-hybridized carbons (Fsp3) is 0.125. The van der Waals surface area contributed by atoms with Crippen molar-refractivity contribution in [1.82, 2.24) is 0 Å². The van der Waals surface area contributed by atoms with Crippen LogP contribution in [0.15, 0.2) is 12.1 Å². The van der Waals surface area contributed by atoms with Crippen LogP contribution in [0.1, 0.15) is 10.4 Å². The van der Waals surface area contributed by atoms with Gasteiger partial charge in [-0.15, -0.1) is 11.6 Å². The maximum Gasteiger partial charge on any atom is 0.281 e. The van der Waals surface area contributed by atoms with Gasteiger partial charge in [-0.05, 0) is 28.7 Å². The Morgan fingerprint density at radius 2 is 2.13 bits per heavy atom. The summed E-state index contributed by atoms with van der Waals surface area (Å²) in [5.41, 5.74) is -0.324. The third-order valence-electron chi connectivity index (χ3n) is 1.66. The number of nitro groups is 1. The molecule has 0 saturated heterocycles. The molecule has 1 aromatic carbocycles. The molecule has 4 nitrogen and oxygen atoms in total. The summed E-state index contributed by atoms with van der Waals surface area (Å²) in [7, 11) is 0. The van der Waals surface area contributed by atoms with Gasteiger partial charge in [-0.1, -0.05) is 11.6 Å². The van der Waals surface area contributed by atoms with Gasteiger partial charge >= 0.3 is 0 Å². The van der Waals surface area contributed by atoms with Gasteiger partial charge in [0.05, 0.1) is 21.4 Å². The highest BCUT2D eigenvalue weighted by molar-refractivity contribution is 14.1. The lowest BCUT2D eigenvalue weighted by Crippen LogP contribution is -2.05. The van der Waals surface area contributed by atoms with Crippen LogP contribution in [0.2, 0.25) is 5.02 Å². The second-order valence-corrected chi connectivity index (χ2v) is 4.43. The molecule has 0 radical (unpaired) electrons. The summed E-state index contributed by atoms with van der Waals surface area (Å²) >= 11 is 13.0. The smallest absolute Gasteiger partial charge is 0.281 e. The number of ketones is 1. The van der Waals surface area contributed by atoms with Crippen molar-refractivity contribution in [1.29, 1.82) is 0 Å². The first-order valence-corrected chi connectivity index (χ1v) is 5.69. The summed E-state index contributed by atoms with van der Waals surface area (Å²) < 4.78 is 0.577. The normalized spacial score (nSPS) is 10.1. The highest BCUT2D eigenvalue weighted by atomic mass is 127. The number of rotatable bonds is 3. The molecule has 0 aliphatic carbocycles. The van der Waals surface area contributed by atoms with Crippen molar-refractivity contribution in [2.45, 2.75) is 0 Å². The van der Waals surface area contributed by atoms with E-state index in [2.05, 4.69) is 0 Å². The first-order chi connectivity index (χ1) is 6.97. The molecular weight excluding hydrogens is 356 g/mol. The molecule has 1 rings (SSSR count). The minimum absolute atomic E-state index is 0.0104. The molecule has 0 amide bonds. The average molecular weight is 360 g/mol. The van der Waals surface area contributed by atoms with Crippen molar-refractivity contribution in [3.63, 3.8) is 0 Å². The molecule has 0 spiro atoms. The Balaban J connectivity index is 3.41. The standard InChI is InChI=1S/C8H4Cl2INO3/c9-3-8(13)4-1-6(11)5(10)2-7(4)12(14)15/h1-2H,3H2. The maximum atomic E-state index is 11.3. The molecule has 15 heavy (non-hydrogen) atoms. The van der Waals surface area contributed by atoms with Crippen LogP contribution in [0.4, 0.5) is 5.69 Å². The van der Waals surface area contributed by atoms with Crippen LogP contribution in [0, 0.1) is 13.7 Å². The fourth-order valence-corrected chi connectivity index (χ4v) is 1.75. The molecule has 0 fully saturated rings. The maximum absolute atomic E-state index is 11.3. The highest BCUT2D eigenvalue weighted by Crippen LogP contribution is 2.28. The van der Waals surface area contributed by atoms with Crippen molar-refractivity contribution < 1.29 is 9.72 Å². The van der Waals surface area contributed by atoms with Gasteiger partial charge in [0, 0.05) is 9.64 Å². The number of hydrogen-bond acceptors (Lipinski definition) is 3. The first-order valence-electron chi connectivity index (χ1n) is 3.70. The number of alkyl halides is 1. The molecule has 0 N–H and O–H groups in total. The Hall–Kier alpha value is -0.400. The molecule has 7 heteroatoms. The predicted molar refractivity (Wildman–Crippen MR) is 65.9 cm³/mol. The highest BCUT2D eigenvalue weighted by Gasteiger charge is 2.21. The molecule has 0 atom stereocenters. The van der Waals surface area contributed by atoms with Crippen LogP contribution in [0.25, 0.3) is 0 Å². The van der Waals surface area contributed by atoms with E-state index in [4.69, 9.17) is 23.2 Å². The number of benzene rings is 1. The Morgan fingerprint density at radius 1 is 1.53 bits per heavy atom. The van der Waals surface area contributed by atoms with Crippen molar-refractivity contribution in [3.8, 4) is 0 Å². The van der Waals surface area contributed by atoms with Gasteiger partial charge in [0.1, 0.15) is 0 Å². The summed E-state index contributed by atoms with van der Waals surface area (Å²) in [6.07, 6.45) is 0. The van der Waals surface area contributed by atoms with E-state index in [1.165, 1.54) is 6.07 Å². The van der Waals surface area contributed by atoms with Crippen LogP contribution < -0.4 is 0 Å². The Bertz CT molecular complexity index is 436. The summed E-state index contributed by atoms with van der Waals surface area (Å²) in [5.74, 6) is -0.781. The third kappa shape index (κ3) is 2.79. The topological polar surface area (TPSA) is 60.2 Å². The van der Waals surface area contributed by atoms with E-state index in [0.29, 0.717) is 3.57 Å². The van der Waals surface area contributed by atoms with E-state index in [1.54, 1.807) is 0 Å². The van der Waals surface area contributed by atoms with E-state index in [9.17, 15) is 14.9 Å². The number of nitrogens with zero attached hydrogens (tertiary/aromatic N) is 1. The Kier molecular flexibility index (Phi) is 4.30. The van der Waals surface area contributed by atoms with Crippen LogP contribution in [-0.4, -0.2) is 16.6 Å². The minimum Gasteiger partial charge on any atom is -0.293 e. The van der Waals surface area contributed by atoms with Crippen molar-refractivity contribution in [3.05, 3.63) is 36.4 Å². The SMILES string of the molecule is O=C(CCl)c1cc(I)c(Cl)cc1[N+](=O)[O-]. The van der Waals surface area contributed by atoms with E-state index in [0.717, 1.165) is 6.07 Å². The van der Waals surface area contributed by atoms with Crippen molar-refractivity contribution >= 4 is 57.3 Å². The lowest BCUT2D eigenvalue weighted by Gasteiger charge is -2.02. The molecule has 0 aliphatic heterocycles. The van der Waals surface area contributed by atoms with Gasteiger partial charge < -0.3 is 0 Å². The van der Waals surface area contributed by atoms with Gasteiger partial charge in [0.2, 0.25) is 0 Å². The van der Waals surface area contributed by atoms with E-state index < -0.39 is 10.7 Å². The van der Waals surface area contributed by atoms with Crippen molar-refractivity contribution in [2.75, 3.05) is 5.88 Å². The molecule has 0 unspecified atom stereocenters. The second-order valence-electron chi connectivity index (χ2n) is 2.60. The zero-order valence-electron chi connectivity index (χ0n) is 7.17. The molecule has 80 valence electrons. The lowest BCUT2D eigenvalue weighted by atomic mass is 10.1. The number of hydrogen-bond donors (Lipinski definition) is 0. The summed E-state index contributed by atoms with van der Waals surface area (Å²) in [5, 5.41) is 10.9. The quantitative estimate of drug-likeness (QED) is 0.273. The fourth-order valence-electron chi connectivity index (χ4n) is 0.983. The molecule has 0 aliphatic rings. The molecule has 0 heterocycles. The second kappa shape index (κ2) is 5.09. The molecule has 0 saturated carbocycles. The Labute approximate surface area is 109 Å². The first kappa shape index (κ1) is 12.7. The number of Topliss-reactive ketones (excluding diaryl/α,β-unsaturated/α-hetero) is 1. The van der Waals surface area contributed by atoms with Gasteiger partial charge in [0.15, 0.2) is 5.78 Å². The Morgan fingerprint density at radius 3 is 2.60 bits per heavy atom. The van der Waals surface area contributed by atoms with Crippen molar-refractivity contribution in [2.24, 2.45) is 0 Å². The monoisotopic (exact) mass is 359 g/mol. The van der Waals surface area contributed by atoms with Gasteiger partial charge in [-0.3, -0.25) is 14.9 Å². The van der Waals surface area contributed by atoms with Crippen LogP contribution in [0.3, 0.4) is 0 Å². The van der Waals surface area contributed by atoms with Crippen LogP contribution in [-0.2, 0) is 0 Å². The zero-order chi connectivity index (χ0) is 11.6. The van der Waals surface area contributed by atoms with Gasteiger partial charge in [-0.2, -0.15) is 0 Å². The largest absolute Gasteiger partial charge is 0.293 e. The number of carbonyl (C=O) groups is 1. The number of halogens is 3. The average Bonchev–Trinajstić information content (AvgIpc) is 2.20. The zero-order valence-corrected chi connectivity index (χ0v) is 10.8. The third-order valence-corrected chi connectivity index (χ3v) is 3.42. The van der Waals surface area contributed by atoms with Gasteiger partial charge in [0.25, 0.3) is 5.69 Å². The summed E-state index contributed by atoms with van der Waals surface area (Å²) in [6.45, 7) is 0. The van der Waals surface area contributed by atoms with E-state index in [1.807, 2.05) is 22.6 Å². The van der Waals surface area contributed by atoms with E-state index in [-0.39, 0.29) is 22.2 Å². The molecule has 1 aromatic rings. The number of carbonyl (C=O) groups excluding carboxylic acids is 1. The van der Waals surface area contributed by atoms with E-state index >= 15 is 0 Å². The minimum atomic E-state index is -0.651. The summed E-state index contributed by atoms with van der Waals surface area (Å²) in [4.78, 5) is 21.3. The molecule has 0 bridgehead atoms. The van der Waals surface area contributed by atoms with Crippen LogP contribution in [0.5, 0.6) is 0 Å². The van der Waals surface area contributed by atoms with Crippen LogP contribution >= 0.6 is 45.8 Å². The molecule has 0 aromatic heterocycles. The lowest BCUT2D eigenvalue weighted by molar-refractivity contribution is -0.385. The number of nitro benzene ring substituents is 1. The van der Waals surface area contributed by atoms with Gasteiger partial charge in [-0.25, -0.2) is 0 Å². The molecular formula is C8H4Cl2INO3. The predicted octanol–water partition coefficient (Wildman–Crippen LogP) is 3.27. The summed E-state index contributed by atoms with van der Waals surface area (Å²) in [6, 6.07) is 2.52.